The predicted octanol–water partition coefficient (Wildman–Crippen LogP) is 7.18. The average Bonchev–Trinajstić information content (AvgIpc) is 3.41. The van der Waals surface area contributed by atoms with Gasteiger partial charge in [-0.3, -0.25) is 14.9 Å². The molecular weight excluding hydrogens is 538 g/mol. The Labute approximate surface area is 249 Å². The summed E-state index contributed by atoms with van der Waals surface area (Å²) < 4.78 is 7.80. The maximum atomic E-state index is 13.8. The van der Waals surface area contributed by atoms with E-state index in [4.69, 9.17) is 4.74 Å². The number of imide groups is 2. The predicted molar refractivity (Wildman–Crippen MR) is 168 cm³/mol. The normalized spacial score (nSPS) is 14.2. The van der Waals surface area contributed by atoms with E-state index in [2.05, 4.69) is 9.88 Å². The Bertz CT molecular complexity index is 1840. The van der Waals surface area contributed by atoms with Gasteiger partial charge >= 0.3 is 6.03 Å². The second-order valence-electron chi connectivity index (χ2n) is 10.1. The summed E-state index contributed by atoms with van der Waals surface area (Å²) in [5, 5.41) is 2.34. The van der Waals surface area contributed by atoms with Gasteiger partial charge in [-0.25, -0.2) is 9.69 Å². The molecular formula is C36H29N3O4. The highest BCUT2D eigenvalue weighted by Gasteiger charge is 2.37. The van der Waals surface area contributed by atoms with Crippen molar-refractivity contribution in [1.29, 1.82) is 0 Å². The van der Waals surface area contributed by atoms with Gasteiger partial charge in [-0.05, 0) is 73.5 Å². The minimum atomic E-state index is -0.781. The third-order valence-electron chi connectivity index (χ3n) is 7.25. The van der Waals surface area contributed by atoms with Crippen molar-refractivity contribution in [1.82, 2.24) is 9.88 Å². The molecule has 0 bridgehead atoms. The van der Waals surface area contributed by atoms with Crippen LogP contribution in [0, 0.1) is 6.92 Å². The van der Waals surface area contributed by atoms with Crippen LogP contribution in [0.4, 0.5) is 10.5 Å². The first-order valence-electron chi connectivity index (χ1n) is 14.0. The Kier molecular flexibility index (Phi) is 7.45. The number of benzene rings is 4. The van der Waals surface area contributed by atoms with Gasteiger partial charge in [-0.1, -0.05) is 78.4 Å². The van der Waals surface area contributed by atoms with E-state index in [1.54, 1.807) is 18.2 Å². The van der Waals surface area contributed by atoms with E-state index in [0.29, 0.717) is 17.9 Å². The van der Waals surface area contributed by atoms with Crippen LogP contribution in [0.5, 0.6) is 5.75 Å². The van der Waals surface area contributed by atoms with Crippen LogP contribution in [-0.4, -0.2) is 29.0 Å². The molecule has 43 heavy (non-hydrogen) atoms. The number of nitrogens with one attached hydrogen (secondary N) is 1. The number of amides is 4. The molecule has 7 heteroatoms. The molecule has 0 radical (unpaired) electrons. The van der Waals surface area contributed by atoms with Gasteiger partial charge < -0.3 is 9.30 Å². The van der Waals surface area contributed by atoms with Gasteiger partial charge in [0.05, 0.1) is 23.7 Å². The van der Waals surface area contributed by atoms with Crippen molar-refractivity contribution >= 4 is 29.6 Å². The fourth-order valence-corrected chi connectivity index (χ4v) is 5.22. The first-order valence-corrected chi connectivity index (χ1v) is 14.0. The molecule has 2 heterocycles. The van der Waals surface area contributed by atoms with E-state index in [9.17, 15) is 14.4 Å². The molecule has 4 amide bonds. The lowest BCUT2D eigenvalue weighted by Gasteiger charge is -2.26. The topological polar surface area (TPSA) is 80.6 Å². The van der Waals surface area contributed by atoms with Crippen molar-refractivity contribution in [2.45, 2.75) is 13.8 Å². The molecule has 1 saturated heterocycles. The van der Waals surface area contributed by atoms with E-state index < -0.39 is 17.8 Å². The van der Waals surface area contributed by atoms with Gasteiger partial charge in [0.15, 0.2) is 0 Å². The van der Waals surface area contributed by atoms with Gasteiger partial charge in [0, 0.05) is 11.3 Å². The molecule has 7 nitrogen and oxygen atoms in total. The van der Waals surface area contributed by atoms with Crippen LogP contribution in [0.1, 0.15) is 18.1 Å². The molecule has 6 rings (SSSR count). The van der Waals surface area contributed by atoms with Crippen LogP contribution in [-0.2, 0) is 9.59 Å². The minimum Gasteiger partial charge on any atom is -0.494 e. The molecule has 5 aromatic rings. The number of barbiturate groups is 1. The largest absolute Gasteiger partial charge is 0.494 e. The van der Waals surface area contributed by atoms with E-state index in [1.807, 2.05) is 117 Å². The molecule has 0 spiro atoms. The molecule has 1 aliphatic rings. The van der Waals surface area contributed by atoms with Crippen molar-refractivity contribution < 1.29 is 19.1 Å². The van der Waals surface area contributed by atoms with E-state index in [-0.39, 0.29) is 5.57 Å². The van der Waals surface area contributed by atoms with Crippen LogP contribution in [0.2, 0.25) is 0 Å². The highest BCUT2D eigenvalue weighted by atomic mass is 16.5. The van der Waals surface area contributed by atoms with Gasteiger partial charge in [-0.2, -0.15) is 0 Å². The quantitative estimate of drug-likeness (QED) is 0.167. The molecule has 0 aliphatic carbocycles. The first-order chi connectivity index (χ1) is 20.9. The number of carbonyl (C=O) groups excluding carboxylic acids is 3. The number of anilines is 1. The number of nitrogens with zero attached hydrogens (tertiary/aromatic N) is 2. The van der Waals surface area contributed by atoms with Crippen molar-refractivity contribution in [3.8, 4) is 34.0 Å². The SMILES string of the molecule is CCOc1ccc(-n2c(-c3ccccc3)cc(/C=C3\C(=O)NC(=O)N(c4ccc(C)cc4)C3=O)c2-c2ccccc2)cc1. The highest BCUT2D eigenvalue weighted by molar-refractivity contribution is 6.39. The molecule has 212 valence electrons. The number of hydrogen-bond acceptors (Lipinski definition) is 4. The van der Waals surface area contributed by atoms with Crippen molar-refractivity contribution in [2.75, 3.05) is 11.5 Å². The number of carbonyl (C=O) groups is 3. The lowest BCUT2D eigenvalue weighted by Crippen LogP contribution is -2.54. The summed E-state index contributed by atoms with van der Waals surface area (Å²) in [6.45, 7) is 4.42. The number of hydrogen-bond donors (Lipinski definition) is 1. The minimum absolute atomic E-state index is 0.138. The zero-order valence-corrected chi connectivity index (χ0v) is 23.8. The Morgan fingerprint density at radius 1 is 0.744 bits per heavy atom. The molecule has 0 unspecified atom stereocenters. The number of aromatic nitrogens is 1. The van der Waals surface area contributed by atoms with Gasteiger partial charge in [-0.15, -0.1) is 0 Å². The summed E-state index contributed by atoms with van der Waals surface area (Å²) >= 11 is 0. The van der Waals surface area contributed by atoms with Crippen molar-refractivity contribution in [3.63, 3.8) is 0 Å². The van der Waals surface area contributed by atoms with E-state index >= 15 is 0 Å². The smallest absolute Gasteiger partial charge is 0.335 e. The second-order valence-corrected chi connectivity index (χ2v) is 10.1. The Morgan fingerprint density at radius 2 is 1.35 bits per heavy atom. The van der Waals surface area contributed by atoms with Crippen molar-refractivity contribution in [2.24, 2.45) is 0 Å². The first kappa shape index (κ1) is 27.5. The summed E-state index contributed by atoms with van der Waals surface area (Å²) in [5.41, 5.74) is 6.25. The van der Waals surface area contributed by atoms with Gasteiger partial charge in [0.2, 0.25) is 0 Å². The highest BCUT2D eigenvalue weighted by Crippen LogP contribution is 2.38. The third-order valence-corrected chi connectivity index (χ3v) is 7.25. The molecule has 0 saturated carbocycles. The number of ether oxygens (including phenoxy) is 1. The Morgan fingerprint density at radius 3 is 1.98 bits per heavy atom. The Hall–Kier alpha value is -5.69. The summed E-state index contributed by atoms with van der Waals surface area (Å²) in [4.78, 5) is 40.7. The lowest BCUT2D eigenvalue weighted by molar-refractivity contribution is -0.122. The lowest BCUT2D eigenvalue weighted by atomic mass is 10.0. The summed E-state index contributed by atoms with van der Waals surface area (Å²) in [6, 6.07) is 35.7. The van der Waals surface area contributed by atoms with E-state index in [0.717, 1.165) is 44.4 Å². The fraction of sp³-hybridized carbons (Fsp3) is 0.0833. The molecule has 4 aromatic carbocycles. The van der Waals surface area contributed by atoms with Crippen LogP contribution in [0.25, 0.3) is 34.3 Å². The second kappa shape index (κ2) is 11.7. The number of rotatable bonds is 7. The summed E-state index contributed by atoms with van der Waals surface area (Å²) in [7, 11) is 0. The van der Waals surface area contributed by atoms with Gasteiger partial charge in [0.25, 0.3) is 11.8 Å². The molecule has 1 fully saturated rings. The number of aryl methyl sites for hydroxylation is 1. The average molecular weight is 568 g/mol. The Balaban J connectivity index is 1.57. The summed E-state index contributed by atoms with van der Waals surface area (Å²) in [5.74, 6) is -0.673. The third kappa shape index (κ3) is 5.36. The van der Waals surface area contributed by atoms with Crippen molar-refractivity contribution in [3.05, 3.63) is 132 Å². The monoisotopic (exact) mass is 567 g/mol. The summed E-state index contributed by atoms with van der Waals surface area (Å²) in [6.07, 6.45) is 1.57. The molecule has 1 N–H and O–H groups in total. The molecule has 1 aliphatic heterocycles. The molecule has 1 aromatic heterocycles. The van der Waals surface area contributed by atoms with Gasteiger partial charge in [0.1, 0.15) is 11.3 Å². The zero-order valence-electron chi connectivity index (χ0n) is 23.8. The number of urea groups is 1. The molecule has 0 atom stereocenters. The standard InChI is InChI=1S/C36H29N3O4/c1-3-43-30-20-18-28(19-21-30)38-32(25-10-6-4-7-11-25)23-27(33(38)26-12-8-5-9-13-26)22-31-34(40)37-36(42)39(35(31)41)29-16-14-24(2)15-17-29/h4-23H,3H2,1-2H3,(H,37,40,42)/b31-22+. The maximum Gasteiger partial charge on any atom is 0.335 e. The van der Waals surface area contributed by atoms with Crippen LogP contribution < -0.4 is 15.0 Å². The zero-order chi connectivity index (χ0) is 29.9. The maximum absolute atomic E-state index is 13.8. The van der Waals surface area contributed by atoms with E-state index in [1.165, 1.54) is 0 Å². The fourth-order valence-electron chi connectivity index (χ4n) is 5.22. The van der Waals surface area contributed by atoms with Crippen LogP contribution in [0.3, 0.4) is 0 Å². The van der Waals surface area contributed by atoms with Crippen LogP contribution in [0.15, 0.2) is 121 Å². The van der Waals surface area contributed by atoms with Crippen LogP contribution >= 0.6 is 0 Å².